The van der Waals surface area contributed by atoms with Crippen LogP contribution in [0.5, 0.6) is 0 Å². The van der Waals surface area contributed by atoms with Gasteiger partial charge in [-0.3, -0.25) is 0 Å². The highest BCUT2D eigenvalue weighted by molar-refractivity contribution is 4.90. The molecule has 0 saturated carbocycles. The second kappa shape index (κ2) is 4.40. The summed E-state index contributed by atoms with van der Waals surface area (Å²) in [6, 6.07) is 0. The van der Waals surface area contributed by atoms with Crippen molar-refractivity contribution >= 4 is 0 Å². The molecular weight excluding hydrogens is 164 g/mol. The van der Waals surface area contributed by atoms with Gasteiger partial charge in [-0.15, -0.1) is 0 Å². The molecule has 13 heavy (non-hydrogen) atoms. The van der Waals surface area contributed by atoms with Gasteiger partial charge < -0.3 is 15.7 Å². The molecule has 0 aromatic heterocycles. The second-order valence-electron chi connectivity index (χ2n) is 4.74. The summed E-state index contributed by atoms with van der Waals surface area (Å²) in [7, 11) is 0. The van der Waals surface area contributed by atoms with Crippen molar-refractivity contribution in [1.29, 1.82) is 0 Å². The van der Waals surface area contributed by atoms with Gasteiger partial charge in [0.1, 0.15) is 0 Å². The third-order valence-electron chi connectivity index (χ3n) is 2.91. The molecule has 0 amide bonds. The zero-order valence-corrected chi connectivity index (χ0v) is 8.79. The van der Waals surface area contributed by atoms with Gasteiger partial charge in [0.25, 0.3) is 0 Å². The van der Waals surface area contributed by atoms with Crippen molar-refractivity contribution in [2.24, 2.45) is 17.1 Å². The molecular formula is C10H22N2O. The Kier molecular flexibility index (Phi) is 3.71. The number of nitrogens with two attached hydrogens (primary N) is 1. The summed E-state index contributed by atoms with van der Waals surface area (Å²) in [6.45, 7) is 8.48. The summed E-state index contributed by atoms with van der Waals surface area (Å²) in [4.78, 5) is 2.41. The Labute approximate surface area is 80.9 Å². The van der Waals surface area contributed by atoms with Crippen molar-refractivity contribution in [2.45, 2.75) is 20.3 Å². The molecule has 0 bridgehead atoms. The van der Waals surface area contributed by atoms with Crippen molar-refractivity contribution in [1.82, 2.24) is 4.90 Å². The van der Waals surface area contributed by atoms with E-state index in [2.05, 4.69) is 18.7 Å². The molecule has 1 aliphatic rings. The predicted octanol–water partition coefficient (Wildman–Crippen LogP) is 0.286. The maximum absolute atomic E-state index is 9.26. The van der Waals surface area contributed by atoms with Crippen molar-refractivity contribution in [3.8, 4) is 0 Å². The van der Waals surface area contributed by atoms with E-state index in [1.54, 1.807) is 0 Å². The van der Waals surface area contributed by atoms with Crippen LogP contribution in [0.1, 0.15) is 20.3 Å². The smallest absolute Gasteiger partial charge is 0.0512 e. The summed E-state index contributed by atoms with van der Waals surface area (Å²) in [5.41, 5.74) is 5.68. The molecule has 1 fully saturated rings. The Morgan fingerprint density at radius 1 is 1.54 bits per heavy atom. The monoisotopic (exact) mass is 186 g/mol. The minimum absolute atomic E-state index is 0.00507. The second-order valence-corrected chi connectivity index (χ2v) is 4.74. The lowest BCUT2D eigenvalue weighted by Crippen LogP contribution is -2.38. The SMILES string of the molecule is CC(C)CN1CCC(CN)(CO)C1. The first-order valence-corrected chi connectivity index (χ1v) is 5.15. The zero-order valence-electron chi connectivity index (χ0n) is 8.79. The van der Waals surface area contributed by atoms with E-state index in [9.17, 15) is 5.11 Å². The molecule has 0 aromatic rings. The topological polar surface area (TPSA) is 49.5 Å². The highest BCUT2D eigenvalue weighted by Crippen LogP contribution is 2.28. The Morgan fingerprint density at radius 2 is 2.23 bits per heavy atom. The standard InChI is InChI=1S/C10H22N2O/c1-9(2)5-12-4-3-10(6-11,7-12)8-13/h9,13H,3-8,11H2,1-2H3. The number of aliphatic hydroxyl groups is 1. The summed E-state index contributed by atoms with van der Waals surface area (Å²) < 4.78 is 0. The van der Waals surface area contributed by atoms with Crippen molar-refractivity contribution in [2.75, 3.05) is 32.8 Å². The van der Waals surface area contributed by atoms with Crippen molar-refractivity contribution in [3.63, 3.8) is 0 Å². The summed E-state index contributed by atoms with van der Waals surface area (Å²) in [6.07, 6.45) is 1.05. The minimum Gasteiger partial charge on any atom is -0.396 e. The fraction of sp³-hybridized carbons (Fsp3) is 1.00. The first kappa shape index (κ1) is 11.0. The van der Waals surface area contributed by atoms with Gasteiger partial charge in [0.2, 0.25) is 0 Å². The molecule has 3 heteroatoms. The Morgan fingerprint density at radius 3 is 2.62 bits per heavy atom. The van der Waals surface area contributed by atoms with Crippen LogP contribution in [-0.2, 0) is 0 Å². The van der Waals surface area contributed by atoms with Crippen LogP contribution in [0.2, 0.25) is 0 Å². The van der Waals surface area contributed by atoms with Crippen molar-refractivity contribution < 1.29 is 5.11 Å². The van der Waals surface area contributed by atoms with Crippen LogP contribution in [0.15, 0.2) is 0 Å². The maximum Gasteiger partial charge on any atom is 0.0512 e. The van der Waals surface area contributed by atoms with Crippen LogP contribution >= 0.6 is 0 Å². The molecule has 1 rings (SSSR count). The van der Waals surface area contributed by atoms with E-state index < -0.39 is 0 Å². The number of aliphatic hydroxyl groups excluding tert-OH is 1. The van der Waals surface area contributed by atoms with Gasteiger partial charge >= 0.3 is 0 Å². The largest absolute Gasteiger partial charge is 0.396 e. The molecule has 1 unspecified atom stereocenters. The van der Waals surface area contributed by atoms with Gasteiger partial charge in [0.05, 0.1) is 6.61 Å². The third-order valence-corrected chi connectivity index (χ3v) is 2.91. The molecule has 3 nitrogen and oxygen atoms in total. The summed E-state index contributed by atoms with van der Waals surface area (Å²) in [5, 5.41) is 9.26. The predicted molar refractivity (Wildman–Crippen MR) is 54.5 cm³/mol. The molecule has 1 heterocycles. The molecule has 78 valence electrons. The molecule has 0 spiro atoms. The van der Waals surface area contributed by atoms with E-state index in [4.69, 9.17) is 5.73 Å². The molecule has 1 aliphatic heterocycles. The highest BCUT2D eigenvalue weighted by Gasteiger charge is 2.36. The van der Waals surface area contributed by atoms with Gasteiger partial charge in [-0.05, 0) is 18.9 Å². The van der Waals surface area contributed by atoms with E-state index in [0.29, 0.717) is 12.5 Å². The third kappa shape index (κ3) is 2.66. The molecule has 0 radical (unpaired) electrons. The average Bonchev–Trinajstić information content (AvgIpc) is 2.48. The lowest BCUT2D eigenvalue weighted by molar-refractivity contribution is 0.133. The quantitative estimate of drug-likeness (QED) is 0.663. The summed E-state index contributed by atoms with van der Waals surface area (Å²) >= 11 is 0. The highest BCUT2D eigenvalue weighted by atomic mass is 16.3. The van der Waals surface area contributed by atoms with Gasteiger partial charge in [-0.2, -0.15) is 0 Å². The lowest BCUT2D eigenvalue weighted by Gasteiger charge is -2.25. The Hall–Kier alpha value is -0.120. The van der Waals surface area contributed by atoms with E-state index in [1.165, 1.54) is 0 Å². The minimum atomic E-state index is -0.00507. The number of nitrogens with zero attached hydrogens (tertiary/aromatic N) is 1. The van der Waals surface area contributed by atoms with Crippen LogP contribution < -0.4 is 5.73 Å². The van der Waals surface area contributed by atoms with Gasteiger partial charge in [-0.25, -0.2) is 0 Å². The molecule has 1 atom stereocenters. The van der Waals surface area contributed by atoms with E-state index in [0.717, 1.165) is 26.1 Å². The fourth-order valence-electron chi connectivity index (χ4n) is 2.06. The maximum atomic E-state index is 9.26. The van der Waals surface area contributed by atoms with Gasteiger partial charge in [0.15, 0.2) is 0 Å². The van der Waals surface area contributed by atoms with Crippen molar-refractivity contribution in [3.05, 3.63) is 0 Å². The van der Waals surface area contributed by atoms with Crippen LogP contribution in [-0.4, -0.2) is 42.8 Å². The van der Waals surface area contributed by atoms with Crippen LogP contribution in [0, 0.1) is 11.3 Å². The number of hydrogen-bond donors (Lipinski definition) is 2. The molecule has 0 aromatic carbocycles. The number of likely N-dealkylation sites (tertiary alicyclic amines) is 1. The van der Waals surface area contributed by atoms with Gasteiger partial charge in [0, 0.05) is 25.0 Å². The average molecular weight is 186 g/mol. The lowest BCUT2D eigenvalue weighted by atomic mass is 9.88. The molecule has 3 N–H and O–H groups in total. The zero-order chi connectivity index (χ0) is 9.90. The number of hydrogen-bond acceptors (Lipinski definition) is 3. The van der Waals surface area contributed by atoms with Crippen LogP contribution in [0.3, 0.4) is 0 Å². The van der Waals surface area contributed by atoms with E-state index in [-0.39, 0.29) is 12.0 Å². The van der Waals surface area contributed by atoms with Gasteiger partial charge in [-0.1, -0.05) is 13.8 Å². The Balaban J connectivity index is 2.42. The first-order valence-electron chi connectivity index (χ1n) is 5.15. The van der Waals surface area contributed by atoms with Crippen LogP contribution in [0.4, 0.5) is 0 Å². The molecule has 1 saturated heterocycles. The van der Waals surface area contributed by atoms with E-state index in [1.807, 2.05) is 0 Å². The summed E-state index contributed by atoms with van der Waals surface area (Å²) in [5.74, 6) is 0.701. The van der Waals surface area contributed by atoms with E-state index >= 15 is 0 Å². The first-order chi connectivity index (χ1) is 6.12. The normalized spacial score (nSPS) is 30.2. The molecule has 0 aliphatic carbocycles. The fourth-order valence-corrected chi connectivity index (χ4v) is 2.06. The van der Waals surface area contributed by atoms with Crippen LogP contribution in [0.25, 0.3) is 0 Å². The Bertz CT molecular complexity index is 155. The number of rotatable bonds is 4.